The highest BCUT2D eigenvalue weighted by atomic mass is 19.5. The summed E-state index contributed by atoms with van der Waals surface area (Å²) in [6, 6.07) is 0. The molecule has 31 heavy (non-hydrogen) atoms. The molecular weight excluding hydrogens is 483 g/mol. The van der Waals surface area contributed by atoms with Crippen LogP contribution in [0.1, 0.15) is 25.6 Å². The highest BCUT2D eigenvalue weighted by Gasteiger charge is 2.21. The standard InChI is InChI=1S/C9H17N2.4BF4/c1-4-5-6-11-8-7-10(3)9(11)2;4*2-1(3,4)5/h7-8H,4-6H2,1-3H3;;;;/q+1;4*-1. The Morgan fingerprint density at radius 2 is 0.935 bits per heavy atom. The summed E-state index contributed by atoms with van der Waals surface area (Å²) < 4.78 is 160. The summed E-state index contributed by atoms with van der Waals surface area (Å²) in [6.45, 7) is 5.53. The van der Waals surface area contributed by atoms with Gasteiger partial charge in [0.25, 0.3) is 5.82 Å². The van der Waals surface area contributed by atoms with Crippen LogP contribution in [0.5, 0.6) is 0 Å². The van der Waals surface area contributed by atoms with Crippen molar-refractivity contribution in [2.45, 2.75) is 33.2 Å². The van der Waals surface area contributed by atoms with Gasteiger partial charge in [0.2, 0.25) is 0 Å². The van der Waals surface area contributed by atoms with Gasteiger partial charge in [0.1, 0.15) is 12.4 Å². The number of hydrogen-bond acceptors (Lipinski definition) is 0. The fourth-order valence-corrected chi connectivity index (χ4v) is 1.16. The summed E-state index contributed by atoms with van der Waals surface area (Å²) in [5, 5.41) is 0. The normalized spacial score (nSPS) is 11.5. The van der Waals surface area contributed by atoms with Crippen LogP contribution in [0, 0.1) is 6.92 Å². The van der Waals surface area contributed by atoms with Gasteiger partial charge in [0.05, 0.1) is 13.6 Å². The fraction of sp³-hybridized carbons (Fsp3) is 0.667. The molecule has 1 aromatic rings. The largest absolute Gasteiger partial charge is 0.673 e. The van der Waals surface area contributed by atoms with E-state index in [0.717, 1.165) is 6.54 Å². The molecule has 0 saturated carbocycles. The Kier molecular flexibility index (Phi) is 19.0. The van der Waals surface area contributed by atoms with Crippen LogP contribution in [0.25, 0.3) is 0 Å². The predicted molar refractivity (Wildman–Crippen MR) is 86.0 cm³/mol. The molecular formula is C9H17B4F16N2-3. The first-order valence-corrected chi connectivity index (χ1v) is 7.76. The van der Waals surface area contributed by atoms with Crippen LogP contribution in [0.4, 0.5) is 69.1 Å². The van der Waals surface area contributed by atoms with Crippen molar-refractivity contribution in [2.24, 2.45) is 7.05 Å². The quantitative estimate of drug-likeness (QED) is 0.251. The molecule has 0 aliphatic heterocycles. The third-order valence-electron chi connectivity index (χ3n) is 2.15. The van der Waals surface area contributed by atoms with Gasteiger partial charge < -0.3 is 69.1 Å². The van der Waals surface area contributed by atoms with Crippen LogP contribution in [-0.2, 0) is 13.6 Å². The number of nitrogens with zero attached hydrogens (tertiary/aromatic N) is 2. The Balaban J connectivity index is -0.000000157. The minimum absolute atomic E-state index is 1.16. The second kappa shape index (κ2) is 16.0. The number of halogens is 16. The van der Waals surface area contributed by atoms with E-state index in [2.05, 4.69) is 42.4 Å². The van der Waals surface area contributed by atoms with Gasteiger partial charge in [-0.15, -0.1) is 0 Å². The van der Waals surface area contributed by atoms with Gasteiger partial charge in [-0.05, 0) is 6.42 Å². The molecule has 0 aromatic carbocycles. The predicted octanol–water partition coefficient (Wildman–Crippen LogP) is 6.62. The van der Waals surface area contributed by atoms with Gasteiger partial charge in [0, 0.05) is 6.92 Å². The van der Waals surface area contributed by atoms with Crippen LogP contribution in [0.3, 0.4) is 0 Å². The first-order valence-electron chi connectivity index (χ1n) is 7.76. The van der Waals surface area contributed by atoms with E-state index in [-0.39, 0.29) is 0 Å². The number of unbranched alkanes of at least 4 members (excludes halogenated alkanes) is 1. The molecule has 0 spiro atoms. The molecule has 0 N–H and O–H groups in total. The first kappa shape index (κ1) is 36.7. The zero-order valence-corrected chi connectivity index (χ0v) is 16.0. The van der Waals surface area contributed by atoms with Crippen molar-refractivity contribution >= 4 is 29.0 Å². The van der Waals surface area contributed by atoms with E-state index in [4.69, 9.17) is 0 Å². The van der Waals surface area contributed by atoms with Crippen LogP contribution in [0.15, 0.2) is 12.4 Å². The summed E-state index contributed by atoms with van der Waals surface area (Å²) in [4.78, 5) is 0. The van der Waals surface area contributed by atoms with Crippen LogP contribution in [0.2, 0.25) is 0 Å². The van der Waals surface area contributed by atoms with E-state index < -0.39 is 29.0 Å². The lowest BCUT2D eigenvalue weighted by molar-refractivity contribution is -0.677. The Morgan fingerprint density at radius 3 is 1.10 bits per heavy atom. The topological polar surface area (TPSA) is 8.81 Å². The SMILES string of the molecule is CCCCn1cc[n+](C)c1C.F[B-](F)(F)F.F[B-](F)(F)F.F[B-](F)(F)F.F[B-](F)(F)F. The summed E-state index contributed by atoms with van der Waals surface area (Å²) in [6.07, 6.45) is 6.78. The molecule has 1 heterocycles. The van der Waals surface area contributed by atoms with E-state index in [9.17, 15) is 69.1 Å². The Hall–Kier alpha value is -1.65. The van der Waals surface area contributed by atoms with E-state index >= 15 is 0 Å². The van der Waals surface area contributed by atoms with Gasteiger partial charge >= 0.3 is 29.0 Å². The molecule has 0 radical (unpaired) electrons. The highest BCUT2D eigenvalue weighted by molar-refractivity contribution is 6.50. The van der Waals surface area contributed by atoms with E-state index in [1.165, 1.54) is 18.7 Å². The van der Waals surface area contributed by atoms with Gasteiger partial charge in [-0.1, -0.05) is 13.3 Å². The highest BCUT2D eigenvalue weighted by Crippen LogP contribution is 2.08. The van der Waals surface area contributed by atoms with Crippen molar-refractivity contribution < 1.29 is 73.6 Å². The number of hydrogen-bond donors (Lipinski definition) is 0. The molecule has 190 valence electrons. The van der Waals surface area contributed by atoms with E-state index in [1.54, 1.807) is 0 Å². The summed E-state index contributed by atoms with van der Waals surface area (Å²) >= 11 is 0. The van der Waals surface area contributed by atoms with Crippen molar-refractivity contribution in [3.8, 4) is 0 Å². The minimum atomic E-state index is -6.00. The van der Waals surface area contributed by atoms with Crippen molar-refractivity contribution in [1.29, 1.82) is 0 Å². The maximum atomic E-state index is 9.75. The minimum Gasteiger partial charge on any atom is -0.418 e. The molecule has 0 saturated heterocycles. The molecule has 2 nitrogen and oxygen atoms in total. The maximum absolute atomic E-state index is 9.75. The van der Waals surface area contributed by atoms with Crippen LogP contribution >= 0.6 is 0 Å². The molecule has 0 amide bonds. The zero-order chi connectivity index (χ0) is 26.3. The van der Waals surface area contributed by atoms with Crippen molar-refractivity contribution in [2.75, 3.05) is 0 Å². The monoisotopic (exact) mass is 501 g/mol. The van der Waals surface area contributed by atoms with Gasteiger partial charge in [-0.3, -0.25) is 0 Å². The molecule has 1 rings (SSSR count). The molecule has 0 unspecified atom stereocenters. The van der Waals surface area contributed by atoms with Gasteiger partial charge in [0.15, 0.2) is 0 Å². The molecule has 22 heteroatoms. The van der Waals surface area contributed by atoms with Crippen LogP contribution in [-0.4, -0.2) is 33.6 Å². The van der Waals surface area contributed by atoms with Gasteiger partial charge in [-0.2, -0.15) is 0 Å². The van der Waals surface area contributed by atoms with Crippen molar-refractivity contribution in [3.05, 3.63) is 18.2 Å². The Labute approximate surface area is 167 Å². The number of imidazole rings is 1. The number of rotatable bonds is 3. The summed E-state index contributed by atoms with van der Waals surface area (Å²) in [5.41, 5.74) is 0. The second-order valence-corrected chi connectivity index (χ2v) is 4.98. The molecule has 0 bridgehead atoms. The molecule has 0 atom stereocenters. The molecule has 0 aliphatic carbocycles. The van der Waals surface area contributed by atoms with Crippen molar-refractivity contribution in [1.82, 2.24) is 4.57 Å². The Morgan fingerprint density at radius 1 is 0.677 bits per heavy atom. The second-order valence-electron chi connectivity index (χ2n) is 4.98. The molecule has 0 aliphatic rings. The lowest BCUT2D eigenvalue weighted by Gasteiger charge is -1.95. The maximum Gasteiger partial charge on any atom is 0.673 e. The molecule has 1 aromatic heterocycles. The lowest BCUT2D eigenvalue weighted by Crippen LogP contribution is -2.29. The van der Waals surface area contributed by atoms with Crippen LogP contribution < -0.4 is 4.57 Å². The summed E-state index contributed by atoms with van der Waals surface area (Å²) in [5.74, 6) is 1.33. The smallest absolute Gasteiger partial charge is 0.418 e. The lowest BCUT2D eigenvalue weighted by atomic mass is 10.3. The number of aryl methyl sites for hydroxylation is 2. The Bertz CT molecular complexity index is 477. The average molecular weight is 500 g/mol. The average Bonchev–Trinajstić information content (AvgIpc) is 2.69. The summed E-state index contributed by atoms with van der Waals surface area (Å²) in [7, 11) is -21.9. The van der Waals surface area contributed by atoms with Crippen molar-refractivity contribution in [3.63, 3.8) is 0 Å². The molecule has 0 fully saturated rings. The van der Waals surface area contributed by atoms with E-state index in [0.29, 0.717) is 0 Å². The van der Waals surface area contributed by atoms with E-state index in [1.807, 2.05) is 0 Å². The third kappa shape index (κ3) is 83.5. The van der Waals surface area contributed by atoms with Gasteiger partial charge in [-0.25, -0.2) is 9.13 Å². The number of aromatic nitrogens is 2. The first-order chi connectivity index (χ1) is 13.3. The fourth-order valence-electron chi connectivity index (χ4n) is 1.16. The zero-order valence-electron chi connectivity index (χ0n) is 16.0. The third-order valence-corrected chi connectivity index (χ3v) is 2.15.